The molecule has 0 aliphatic heterocycles. The molecule has 0 aromatic carbocycles. The van der Waals surface area contributed by atoms with Crippen LogP contribution in [0.3, 0.4) is 0 Å². The van der Waals surface area contributed by atoms with Gasteiger partial charge in [0.25, 0.3) is 5.91 Å². The second-order valence-electron chi connectivity index (χ2n) is 3.23. The maximum absolute atomic E-state index is 11.2. The summed E-state index contributed by atoms with van der Waals surface area (Å²) in [5, 5.41) is 0.800. The van der Waals surface area contributed by atoms with Gasteiger partial charge in [-0.25, -0.2) is 9.97 Å². The predicted molar refractivity (Wildman–Crippen MR) is 54.4 cm³/mol. The largest absolute Gasteiger partial charge is 0.366 e. The van der Waals surface area contributed by atoms with E-state index in [2.05, 4.69) is 15.0 Å². The molecule has 2 aromatic heterocycles. The van der Waals surface area contributed by atoms with E-state index in [0.29, 0.717) is 17.0 Å². The molecule has 0 unspecified atom stereocenters. The lowest BCUT2D eigenvalue weighted by molar-refractivity contribution is -0.112. The van der Waals surface area contributed by atoms with Crippen molar-refractivity contribution in [1.29, 1.82) is 0 Å². The summed E-state index contributed by atoms with van der Waals surface area (Å²) in [6.07, 6.45) is 4.72. The van der Waals surface area contributed by atoms with Crippen LogP contribution in [0.15, 0.2) is 18.6 Å². The first-order valence-electron chi connectivity index (χ1n) is 4.39. The Labute approximate surface area is 84.7 Å². The van der Waals surface area contributed by atoms with Gasteiger partial charge in [-0.05, 0) is 12.1 Å². The summed E-state index contributed by atoms with van der Waals surface area (Å²) in [6, 6.07) is 1.78. The number of nitrogens with zero attached hydrogens (tertiary/aromatic N) is 3. The number of aromatic nitrogens is 3. The van der Waals surface area contributed by atoms with Crippen LogP contribution in [-0.2, 0) is 4.79 Å². The third-order valence-electron chi connectivity index (χ3n) is 2.38. The monoisotopic (exact) mass is 198 g/mol. The van der Waals surface area contributed by atoms with Crippen LogP contribution in [-0.4, -0.2) is 20.9 Å². The summed E-state index contributed by atoms with van der Waals surface area (Å²) < 4.78 is 0. The molecule has 15 heavy (non-hydrogen) atoms. The van der Waals surface area contributed by atoms with Crippen molar-refractivity contribution in [3.05, 3.63) is 30.0 Å². The Bertz CT molecular complexity index is 613. The van der Waals surface area contributed by atoms with E-state index in [1.54, 1.807) is 18.3 Å². The predicted octanol–water partition coefficient (Wildman–Crippen LogP) is 0.364. The van der Waals surface area contributed by atoms with Crippen molar-refractivity contribution in [1.82, 2.24) is 15.0 Å². The van der Waals surface area contributed by atoms with Crippen LogP contribution in [0.4, 0.5) is 0 Å². The highest BCUT2D eigenvalue weighted by molar-refractivity contribution is 6.29. The van der Waals surface area contributed by atoms with Crippen LogP contribution in [0.2, 0.25) is 0 Å². The number of carbonyl (C=O) groups is 1. The second-order valence-corrected chi connectivity index (χ2v) is 3.23. The molecule has 0 fully saturated rings. The third kappa shape index (κ3) is 0.969. The fourth-order valence-electron chi connectivity index (χ4n) is 1.74. The van der Waals surface area contributed by atoms with Crippen LogP contribution in [0.1, 0.15) is 11.4 Å². The maximum Gasteiger partial charge on any atom is 0.250 e. The first kappa shape index (κ1) is 8.05. The molecule has 5 heteroatoms. The Morgan fingerprint density at radius 2 is 2.13 bits per heavy atom. The number of primary amides is 1. The number of nitrogens with two attached hydrogens (primary N) is 1. The SMILES string of the molecule is NC(=O)C1=Cc2ncnc3ccnc1c23. The Morgan fingerprint density at radius 3 is 2.93 bits per heavy atom. The topological polar surface area (TPSA) is 81.8 Å². The molecule has 2 heterocycles. The Balaban J connectivity index is 2.45. The van der Waals surface area contributed by atoms with Crippen molar-refractivity contribution < 1.29 is 4.79 Å². The van der Waals surface area contributed by atoms with Crippen molar-refractivity contribution in [3.8, 4) is 0 Å². The molecule has 1 aliphatic carbocycles. The molecule has 1 amide bonds. The first-order chi connectivity index (χ1) is 7.27. The Hall–Kier alpha value is -2.30. The molecule has 2 N–H and O–H groups in total. The van der Waals surface area contributed by atoms with Crippen LogP contribution >= 0.6 is 0 Å². The number of hydrogen-bond acceptors (Lipinski definition) is 4. The van der Waals surface area contributed by atoms with Crippen molar-refractivity contribution >= 4 is 28.5 Å². The zero-order valence-corrected chi connectivity index (χ0v) is 7.64. The summed E-state index contributed by atoms with van der Waals surface area (Å²) in [7, 11) is 0. The molecule has 5 nitrogen and oxygen atoms in total. The van der Waals surface area contributed by atoms with Gasteiger partial charge in [0.1, 0.15) is 6.33 Å². The van der Waals surface area contributed by atoms with Crippen molar-refractivity contribution in [2.75, 3.05) is 0 Å². The molecule has 0 saturated carbocycles. The van der Waals surface area contributed by atoms with Crippen molar-refractivity contribution in [3.63, 3.8) is 0 Å². The molecule has 72 valence electrons. The number of hydrogen-bond donors (Lipinski definition) is 1. The van der Waals surface area contributed by atoms with Gasteiger partial charge in [0, 0.05) is 6.20 Å². The molecular weight excluding hydrogens is 192 g/mol. The van der Waals surface area contributed by atoms with E-state index in [9.17, 15) is 4.79 Å². The molecule has 0 atom stereocenters. The lowest BCUT2D eigenvalue weighted by Crippen LogP contribution is -2.12. The normalized spacial score (nSPS) is 12.9. The highest BCUT2D eigenvalue weighted by Gasteiger charge is 2.22. The molecule has 2 aromatic rings. The quantitative estimate of drug-likeness (QED) is 0.717. The van der Waals surface area contributed by atoms with E-state index in [4.69, 9.17) is 5.73 Å². The van der Waals surface area contributed by atoms with Gasteiger partial charge in [0.15, 0.2) is 0 Å². The van der Waals surface area contributed by atoms with E-state index in [1.165, 1.54) is 6.33 Å². The van der Waals surface area contributed by atoms with Crippen molar-refractivity contribution in [2.24, 2.45) is 5.73 Å². The van der Waals surface area contributed by atoms with E-state index in [0.717, 1.165) is 10.9 Å². The van der Waals surface area contributed by atoms with Gasteiger partial charge in [-0.2, -0.15) is 0 Å². The van der Waals surface area contributed by atoms with Crippen LogP contribution in [0, 0.1) is 0 Å². The Kier molecular flexibility index (Phi) is 1.39. The van der Waals surface area contributed by atoms with Gasteiger partial charge in [-0.3, -0.25) is 9.78 Å². The summed E-state index contributed by atoms with van der Waals surface area (Å²) in [4.78, 5) is 23.5. The lowest BCUT2D eigenvalue weighted by Gasteiger charge is -1.99. The van der Waals surface area contributed by atoms with Crippen LogP contribution < -0.4 is 5.73 Å². The molecule has 0 bridgehead atoms. The Morgan fingerprint density at radius 1 is 1.27 bits per heavy atom. The van der Waals surface area contributed by atoms with Crippen LogP contribution in [0.5, 0.6) is 0 Å². The summed E-state index contributed by atoms with van der Waals surface area (Å²) in [5.41, 5.74) is 7.72. The number of pyridine rings is 1. The minimum Gasteiger partial charge on any atom is -0.366 e. The third-order valence-corrected chi connectivity index (χ3v) is 2.38. The number of amides is 1. The van der Waals surface area contributed by atoms with Crippen LogP contribution in [0.25, 0.3) is 22.6 Å². The van der Waals surface area contributed by atoms with Gasteiger partial charge < -0.3 is 5.73 Å². The first-order valence-corrected chi connectivity index (χ1v) is 4.39. The zero-order valence-electron chi connectivity index (χ0n) is 7.64. The standard InChI is InChI=1S/C10H6N4O/c11-10(15)5-3-7-8-6(13-4-14-7)1-2-12-9(5)8/h1-4H,(H2,11,15). The highest BCUT2D eigenvalue weighted by Crippen LogP contribution is 2.32. The van der Waals surface area contributed by atoms with Gasteiger partial charge in [-0.15, -0.1) is 0 Å². The lowest BCUT2D eigenvalue weighted by atomic mass is 10.2. The number of rotatable bonds is 1. The minimum atomic E-state index is -0.493. The zero-order chi connectivity index (χ0) is 10.4. The molecule has 0 saturated heterocycles. The summed E-state index contributed by atoms with van der Waals surface area (Å²) in [6.45, 7) is 0. The van der Waals surface area contributed by atoms with E-state index < -0.39 is 5.91 Å². The number of carbonyl (C=O) groups excluding carboxylic acids is 1. The minimum absolute atomic E-state index is 0.399. The van der Waals surface area contributed by atoms with Crippen molar-refractivity contribution in [2.45, 2.75) is 0 Å². The molecule has 1 aliphatic rings. The highest BCUT2D eigenvalue weighted by atomic mass is 16.1. The molecule has 0 radical (unpaired) electrons. The molecular formula is C10H6N4O. The van der Waals surface area contributed by atoms with Gasteiger partial charge in [-0.1, -0.05) is 0 Å². The summed E-state index contributed by atoms with van der Waals surface area (Å²) >= 11 is 0. The van der Waals surface area contributed by atoms with Gasteiger partial charge in [0.2, 0.25) is 0 Å². The van der Waals surface area contributed by atoms with Gasteiger partial charge in [0.05, 0.1) is 27.9 Å². The fraction of sp³-hybridized carbons (Fsp3) is 0. The smallest absolute Gasteiger partial charge is 0.250 e. The second kappa shape index (κ2) is 2.60. The molecule has 0 spiro atoms. The van der Waals surface area contributed by atoms with Gasteiger partial charge >= 0.3 is 0 Å². The maximum atomic E-state index is 11.2. The average molecular weight is 198 g/mol. The molecule has 3 rings (SSSR count). The summed E-state index contributed by atoms with van der Waals surface area (Å²) in [5.74, 6) is -0.493. The van der Waals surface area contributed by atoms with E-state index >= 15 is 0 Å². The van der Waals surface area contributed by atoms with E-state index in [-0.39, 0.29) is 0 Å². The fourth-order valence-corrected chi connectivity index (χ4v) is 1.74. The average Bonchev–Trinajstić information content (AvgIpc) is 2.61. The van der Waals surface area contributed by atoms with E-state index in [1.807, 2.05) is 0 Å².